The van der Waals surface area contributed by atoms with E-state index in [1.807, 2.05) is 56.0 Å². The van der Waals surface area contributed by atoms with Crippen LogP contribution < -0.4 is 14.4 Å². The summed E-state index contributed by atoms with van der Waals surface area (Å²) in [7, 11) is 1.56. The van der Waals surface area contributed by atoms with Gasteiger partial charge in [0.25, 0.3) is 0 Å². The Kier molecular flexibility index (Phi) is 9.19. The van der Waals surface area contributed by atoms with Gasteiger partial charge in [-0.05, 0) is 82.5 Å². The van der Waals surface area contributed by atoms with E-state index in [0.29, 0.717) is 48.3 Å². The minimum atomic E-state index is -0.874. The molecule has 0 unspecified atom stereocenters. The number of fused-ring (bicyclic) bond motifs is 4. The number of carbonyl (C=O) groups is 1. The zero-order valence-electron chi connectivity index (χ0n) is 28.4. The number of ether oxygens (including phenoxy) is 4. The zero-order valence-corrected chi connectivity index (χ0v) is 29.1. The van der Waals surface area contributed by atoms with E-state index in [2.05, 4.69) is 26.6 Å². The lowest BCUT2D eigenvalue weighted by Gasteiger charge is -2.41. The van der Waals surface area contributed by atoms with Crippen LogP contribution in [-0.2, 0) is 9.47 Å². The fourth-order valence-electron chi connectivity index (χ4n) is 7.72. The normalized spacial score (nSPS) is 24.9. The molecule has 0 N–H and O–H groups in total. The zero-order chi connectivity index (χ0) is 34.3. The molecule has 4 fully saturated rings. The molecule has 4 aliphatic rings. The van der Waals surface area contributed by atoms with Gasteiger partial charge in [-0.3, -0.25) is 9.80 Å². The third kappa shape index (κ3) is 7.07. The van der Waals surface area contributed by atoms with Gasteiger partial charge in [-0.1, -0.05) is 29.7 Å². The number of hydrogen-bond donors (Lipinski definition) is 0. The van der Waals surface area contributed by atoms with Gasteiger partial charge in [-0.25, -0.2) is 9.18 Å². The number of rotatable bonds is 7. The SMILES string of the molecule is COCOc1cc(C#Cc2nc(OC[C@@]34CCCN3C[C@H](F)C4)nc(N3C[C@H]4CC[C@@H](C3)N4C(=O)OC(C)(C)C)n2)c2c(Cl)cccc2c1. The quantitative estimate of drug-likeness (QED) is 0.230. The van der Waals surface area contributed by atoms with Gasteiger partial charge in [-0.15, -0.1) is 0 Å². The van der Waals surface area contributed by atoms with Crippen molar-refractivity contribution in [2.24, 2.45) is 0 Å². The van der Waals surface area contributed by atoms with Gasteiger partial charge < -0.3 is 23.8 Å². The third-order valence-corrected chi connectivity index (χ3v) is 10.1. The molecule has 1 amide bonds. The van der Waals surface area contributed by atoms with Crippen LogP contribution in [0, 0.1) is 11.8 Å². The number of anilines is 1. The Morgan fingerprint density at radius 2 is 1.88 bits per heavy atom. The predicted octanol–water partition coefficient (Wildman–Crippen LogP) is 5.60. The van der Waals surface area contributed by atoms with E-state index >= 15 is 0 Å². The van der Waals surface area contributed by atoms with Gasteiger partial charge >= 0.3 is 12.1 Å². The lowest BCUT2D eigenvalue weighted by Crippen LogP contribution is -2.57. The van der Waals surface area contributed by atoms with E-state index in [4.69, 9.17) is 40.5 Å². The van der Waals surface area contributed by atoms with E-state index in [1.54, 1.807) is 7.11 Å². The third-order valence-electron chi connectivity index (χ3n) is 9.76. The molecule has 4 aliphatic heterocycles. The number of amides is 1. The molecule has 3 aromatic rings. The highest BCUT2D eigenvalue weighted by Gasteiger charge is 2.49. The lowest BCUT2D eigenvalue weighted by atomic mass is 9.95. The van der Waals surface area contributed by atoms with Crippen molar-refractivity contribution in [3.63, 3.8) is 0 Å². The second kappa shape index (κ2) is 13.4. The van der Waals surface area contributed by atoms with E-state index in [9.17, 15) is 9.18 Å². The molecule has 260 valence electrons. The fraction of sp³-hybridized carbons (Fsp3) is 0.556. The van der Waals surface area contributed by atoms with E-state index < -0.39 is 11.8 Å². The topological polar surface area (TPSA) is 102 Å². The molecule has 11 nitrogen and oxygen atoms in total. The van der Waals surface area contributed by atoms with Crippen LogP contribution in [0.15, 0.2) is 30.3 Å². The van der Waals surface area contributed by atoms with Gasteiger partial charge in [0.05, 0.1) is 17.6 Å². The Morgan fingerprint density at radius 1 is 1.08 bits per heavy atom. The Morgan fingerprint density at radius 3 is 2.63 bits per heavy atom. The first kappa shape index (κ1) is 33.6. The summed E-state index contributed by atoms with van der Waals surface area (Å²) in [6.45, 7) is 8.35. The molecule has 2 bridgehead atoms. The fourth-order valence-corrected chi connectivity index (χ4v) is 8.00. The van der Waals surface area contributed by atoms with Crippen LogP contribution in [0.25, 0.3) is 10.8 Å². The first-order valence-electron chi connectivity index (χ1n) is 16.9. The minimum absolute atomic E-state index is 0.0430. The van der Waals surface area contributed by atoms with Crippen LogP contribution in [-0.4, -0.2) is 107 Å². The summed E-state index contributed by atoms with van der Waals surface area (Å²) < 4.78 is 37.4. The van der Waals surface area contributed by atoms with Crippen LogP contribution in [0.3, 0.4) is 0 Å². The largest absolute Gasteiger partial charge is 0.468 e. The summed E-state index contributed by atoms with van der Waals surface area (Å²) in [4.78, 5) is 33.4. The molecule has 49 heavy (non-hydrogen) atoms. The maximum absolute atomic E-state index is 14.5. The van der Waals surface area contributed by atoms with Crippen molar-refractivity contribution in [2.75, 3.05) is 51.6 Å². The maximum atomic E-state index is 14.5. The number of alkyl halides is 1. The van der Waals surface area contributed by atoms with Crippen LogP contribution >= 0.6 is 11.6 Å². The van der Waals surface area contributed by atoms with Gasteiger partial charge in [0.2, 0.25) is 11.8 Å². The Bertz CT molecular complexity index is 1780. The standard InChI is InChI=1S/C36H42ClFN6O5/c1-35(2,3)49-34(45)44-26-10-11-27(44)20-42(19-26)32-39-30(40-33(41-32)47-21-36-13-6-14-43(36)18-25(38)17-36)12-9-24-16-28(48-22-46-4)15-23-7-5-8-29(37)31(23)24/h5,7-8,15-16,25-27H,6,10-11,13-14,17-22H2,1-4H3/t25-,26-,27+,36+/m1/s1. The number of benzene rings is 2. The van der Waals surface area contributed by atoms with Gasteiger partial charge in [0, 0.05) is 49.1 Å². The van der Waals surface area contributed by atoms with E-state index in [-0.39, 0.29) is 49.0 Å². The van der Waals surface area contributed by atoms with Crippen LogP contribution in [0.1, 0.15) is 64.3 Å². The number of halogens is 2. The molecule has 0 spiro atoms. The number of nitrogens with zero attached hydrogens (tertiary/aromatic N) is 6. The first-order chi connectivity index (χ1) is 23.5. The maximum Gasteiger partial charge on any atom is 0.410 e. The summed E-state index contributed by atoms with van der Waals surface area (Å²) in [5.41, 5.74) is -0.306. The number of piperazine rings is 1. The monoisotopic (exact) mass is 692 g/mol. The molecule has 5 heterocycles. The average Bonchev–Trinajstić information content (AvgIpc) is 3.67. The van der Waals surface area contributed by atoms with Crippen molar-refractivity contribution in [2.45, 2.75) is 82.3 Å². The molecule has 2 aromatic carbocycles. The Labute approximate surface area is 291 Å². The van der Waals surface area contributed by atoms with Crippen LogP contribution in [0.5, 0.6) is 11.8 Å². The minimum Gasteiger partial charge on any atom is -0.468 e. The highest BCUT2D eigenvalue weighted by Crippen LogP contribution is 2.40. The van der Waals surface area contributed by atoms with Gasteiger partial charge in [-0.2, -0.15) is 15.0 Å². The molecular weight excluding hydrogens is 651 g/mol. The molecule has 7 rings (SSSR count). The smallest absolute Gasteiger partial charge is 0.410 e. The number of aromatic nitrogens is 3. The van der Waals surface area contributed by atoms with Crippen molar-refractivity contribution in [1.29, 1.82) is 0 Å². The predicted molar refractivity (Wildman–Crippen MR) is 183 cm³/mol. The van der Waals surface area contributed by atoms with Crippen LogP contribution in [0.2, 0.25) is 5.02 Å². The van der Waals surface area contributed by atoms with E-state index in [0.717, 1.165) is 43.0 Å². The molecule has 0 saturated carbocycles. The molecule has 4 saturated heterocycles. The first-order valence-corrected chi connectivity index (χ1v) is 17.3. The second-order valence-corrected chi connectivity index (χ2v) is 14.8. The van der Waals surface area contributed by atoms with E-state index in [1.165, 1.54) is 0 Å². The summed E-state index contributed by atoms with van der Waals surface area (Å²) in [6, 6.07) is 9.40. The second-order valence-electron chi connectivity index (χ2n) is 14.4. The summed E-state index contributed by atoms with van der Waals surface area (Å²) >= 11 is 6.64. The van der Waals surface area contributed by atoms with Gasteiger partial charge in [0.15, 0.2) is 6.79 Å². The molecule has 13 heteroatoms. The lowest BCUT2D eigenvalue weighted by molar-refractivity contribution is 0.0122. The molecule has 0 aliphatic carbocycles. The molecular formula is C36H42ClFN6O5. The number of hydrogen-bond acceptors (Lipinski definition) is 10. The van der Waals surface area contributed by atoms with Crippen LogP contribution in [0.4, 0.5) is 15.1 Å². The highest BCUT2D eigenvalue weighted by molar-refractivity contribution is 6.36. The highest BCUT2D eigenvalue weighted by atomic mass is 35.5. The van der Waals surface area contributed by atoms with Gasteiger partial charge in [0.1, 0.15) is 24.1 Å². The molecule has 4 atom stereocenters. The summed E-state index contributed by atoms with van der Waals surface area (Å²) in [5.74, 6) is 7.59. The van der Waals surface area contributed by atoms with Crippen molar-refractivity contribution in [3.8, 4) is 23.6 Å². The summed E-state index contributed by atoms with van der Waals surface area (Å²) in [6.07, 6.45) is 2.85. The van der Waals surface area contributed by atoms with Crippen molar-refractivity contribution in [3.05, 3.63) is 46.7 Å². The average molecular weight is 693 g/mol. The number of carbonyl (C=O) groups excluding carboxylic acids is 1. The summed E-state index contributed by atoms with van der Waals surface area (Å²) in [5, 5.41) is 2.21. The molecule has 0 radical (unpaired) electrons. The Balaban J connectivity index is 1.21. The van der Waals surface area contributed by atoms with Crippen molar-refractivity contribution < 1.29 is 28.1 Å². The van der Waals surface area contributed by atoms with Crippen molar-refractivity contribution >= 4 is 34.4 Å². The molecule has 1 aromatic heterocycles. The number of methoxy groups -OCH3 is 1. The Hall–Kier alpha value is -3.92. The van der Waals surface area contributed by atoms with Crippen molar-refractivity contribution in [1.82, 2.24) is 24.8 Å².